The number of amides is 2. The lowest BCUT2D eigenvalue weighted by Gasteiger charge is -2.06. The number of thioether (sulfide) groups is 6. The average molecular weight is 687 g/mol. The van der Waals surface area contributed by atoms with Crippen molar-refractivity contribution < 1.29 is 38.9 Å². The Labute approximate surface area is 259 Å². The molecule has 0 fully saturated rings. The van der Waals surface area contributed by atoms with E-state index in [1.807, 2.05) is 0 Å². The molecule has 0 radical (unpaired) electrons. The third kappa shape index (κ3) is 32.5. The van der Waals surface area contributed by atoms with Crippen molar-refractivity contribution in [2.45, 2.75) is 0 Å². The molecule has 39 heavy (non-hydrogen) atoms. The summed E-state index contributed by atoms with van der Waals surface area (Å²) < 4.78 is 16.8. The van der Waals surface area contributed by atoms with Crippen LogP contribution in [-0.2, 0) is 25.7 Å². The zero-order valence-corrected chi connectivity index (χ0v) is 27.3. The van der Waals surface area contributed by atoms with Gasteiger partial charge in [0.05, 0.1) is 25.0 Å². The summed E-state index contributed by atoms with van der Waals surface area (Å²) in [6.07, 6.45) is 0.731. The molecular weight excluding hydrogens is 649 g/mol. The van der Waals surface area contributed by atoms with Crippen molar-refractivity contribution in [2.75, 3.05) is 96.0 Å². The van der Waals surface area contributed by atoms with Gasteiger partial charge in [-0.15, -0.1) is 11.8 Å². The van der Waals surface area contributed by atoms with Crippen LogP contribution in [0.15, 0.2) is 9.98 Å². The van der Waals surface area contributed by atoms with Crippen LogP contribution in [0.4, 0.5) is 9.59 Å². The van der Waals surface area contributed by atoms with E-state index in [-0.39, 0.29) is 29.0 Å². The Balaban J connectivity index is 3.42. The lowest BCUT2D eigenvalue weighted by molar-refractivity contribution is -0.196. The highest BCUT2D eigenvalue weighted by atomic mass is 32.2. The fourth-order valence-corrected chi connectivity index (χ4v) is 6.70. The molecule has 0 rings (SSSR count). The number of hydrogen-bond acceptors (Lipinski definition) is 16. The number of nitrogens with zero attached hydrogens (tertiary/aromatic N) is 2. The molecule has 1 unspecified atom stereocenters. The van der Waals surface area contributed by atoms with Crippen molar-refractivity contribution in [3.05, 3.63) is 0 Å². The number of aliphatic imine (C=N–C) groups is 2. The van der Waals surface area contributed by atoms with Crippen molar-refractivity contribution in [3.63, 3.8) is 0 Å². The highest BCUT2D eigenvalue weighted by molar-refractivity contribution is 8.14. The first-order valence-electron chi connectivity index (χ1n) is 11.7. The smallest absolute Gasteiger partial charge is 0.408 e. The predicted molar refractivity (Wildman–Crippen MR) is 173 cm³/mol. The van der Waals surface area contributed by atoms with E-state index in [2.05, 4.69) is 25.5 Å². The number of carbonyl (C=O) groups is 2. The van der Waals surface area contributed by atoms with Crippen LogP contribution in [0, 0.1) is 0 Å². The monoisotopic (exact) mass is 686 g/mol. The SMILES string of the molecule is O=C(NCCSCC/N=C/[S+]([O-])CCSCCSC(=O)NCCSCC/N=C\OOCSCO)OCSCO. The lowest BCUT2D eigenvalue weighted by Crippen LogP contribution is -2.26. The van der Waals surface area contributed by atoms with Crippen LogP contribution in [0.1, 0.15) is 0 Å². The molecule has 12 nitrogen and oxygen atoms in total. The van der Waals surface area contributed by atoms with Gasteiger partial charge in [-0.25, -0.2) is 9.79 Å². The molecule has 4 N–H and O–H groups in total. The van der Waals surface area contributed by atoms with E-state index >= 15 is 0 Å². The Bertz CT molecular complexity index is 645. The molecule has 0 saturated carbocycles. The first kappa shape index (κ1) is 39.2. The summed E-state index contributed by atoms with van der Waals surface area (Å²) >= 11 is 7.41. The van der Waals surface area contributed by atoms with Gasteiger partial charge in [0.15, 0.2) is 0 Å². The molecule has 2 amide bonds. The second-order valence-electron chi connectivity index (χ2n) is 6.48. The molecule has 19 heteroatoms. The van der Waals surface area contributed by atoms with Gasteiger partial charge in [-0.05, 0) is 11.2 Å². The Kier molecular flexibility index (Phi) is 32.8. The average Bonchev–Trinajstić information content (AvgIpc) is 2.92. The zero-order valence-electron chi connectivity index (χ0n) is 21.6. The third-order valence-electron chi connectivity index (χ3n) is 3.62. The molecule has 0 aliphatic heterocycles. The zero-order chi connectivity index (χ0) is 28.7. The second-order valence-corrected chi connectivity index (χ2v) is 14.4. The number of nitrogens with one attached hydrogen (secondary N) is 2. The van der Waals surface area contributed by atoms with Crippen molar-refractivity contribution in [1.29, 1.82) is 0 Å². The number of carbonyl (C=O) groups excluding carboxylic acids is 2. The Morgan fingerprint density at radius 1 is 0.821 bits per heavy atom. The maximum absolute atomic E-state index is 12.0. The van der Waals surface area contributed by atoms with E-state index < -0.39 is 17.3 Å². The number of alkyl carbamates (subject to hydrolysis) is 1. The minimum atomic E-state index is -1.10. The van der Waals surface area contributed by atoms with Gasteiger partial charge in [0.1, 0.15) is 17.6 Å². The van der Waals surface area contributed by atoms with Gasteiger partial charge in [0, 0.05) is 53.4 Å². The van der Waals surface area contributed by atoms with Gasteiger partial charge >= 0.3 is 6.09 Å². The van der Waals surface area contributed by atoms with Gasteiger partial charge in [0.2, 0.25) is 11.9 Å². The van der Waals surface area contributed by atoms with Crippen LogP contribution in [0.5, 0.6) is 0 Å². The van der Waals surface area contributed by atoms with Crippen LogP contribution in [0.3, 0.4) is 0 Å². The van der Waals surface area contributed by atoms with Crippen LogP contribution >= 0.6 is 70.6 Å². The molecule has 0 aromatic carbocycles. The van der Waals surface area contributed by atoms with Gasteiger partial charge in [-0.3, -0.25) is 9.79 Å². The van der Waals surface area contributed by atoms with Crippen LogP contribution in [0.2, 0.25) is 0 Å². The summed E-state index contributed by atoms with van der Waals surface area (Å²) in [6.45, 7) is 2.23. The summed E-state index contributed by atoms with van der Waals surface area (Å²) in [6, 6.07) is 0. The van der Waals surface area contributed by atoms with E-state index in [0.717, 1.165) is 46.3 Å². The summed E-state index contributed by atoms with van der Waals surface area (Å²) in [4.78, 5) is 40.7. The van der Waals surface area contributed by atoms with Crippen molar-refractivity contribution >= 4 is 105 Å². The molecule has 0 bridgehead atoms. The van der Waals surface area contributed by atoms with Gasteiger partial charge < -0.3 is 35.0 Å². The normalized spacial score (nSPS) is 12.2. The number of rotatable bonds is 27. The largest absolute Gasteiger partial charge is 0.611 e. The van der Waals surface area contributed by atoms with Crippen molar-refractivity contribution in [3.8, 4) is 0 Å². The maximum Gasteiger partial charge on any atom is 0.408 e. The number of aliphatic hydroxyl groups excluding tert-OH is 2. The fourth-order valence-electron chi connectivity index (χ4n) is 1.96. The number of aliphatic hydroxyl groups is 2. The summed E-state index contributed by atoms with van der Waals surface area (Å²) in [5, 5.41) is 22.6. The summed E-state index contributed by atoms with van der Waals surface area (Å²) in [5.74, 6) is 6.12. The fraction of sp³-hybridized carbons (Fsp3) is 0.800. The van der Waals surface area contributed by atoms with E-state index in [1.165, 1.54) is 35.5 Å². The molecule has 228 valence electrons. The molecule has 0 heterocycles. The molecule has 1 atom stereocenters. The van der Waals surface area contributed by atoms with Gasteiger partial charge in [0.25, 0.3) is 5.24 Å². The Hall–Kier alpha value is 0.170. The Morgan fingerprint density at radius 3 is 2.23 bits per heavy atom. The summed E-state index contributed by atoms with van der Waals surface area (Å²) in [7, 11) is 0. The van der Waals surface area contributed by atoms with Crippen LogP contribution in [0.25, 0.3) is 0 Å². The van der Waals surface area contributed by atoms with E-state index in [1.54, 1.807) is 35.3 Å². The minimum Gasteiger partial charge on any atom is -0.611 e. The number of hydrogen-bond donors (Lipinski definition) is 4. The third-order valence-corrected chi connectivity index (χ3v) is 9.76. The summed E-state index contributed by atoms with van der Waals surface area (Å²) in [5.41, 5.74) is 1.49. The van der Waals surface area contributed by atoms with E-state index in [9.17, 15) is 14.1 Å². The second kappa shape index (κ2) is 32.7. The minimum absolute atomic E-state index is 0.0231. The van der Waals surface area contributed by atoms with Gasteiger partial charge in [-0.2, -0.15) is 40.2 Å². The molecule has 0 aliphatic rings. The predicted octanol–water partition coefficient (Wildman–Crippen LogP) is 2.39. The quantitative estimate of drug-likeness (QED) is 0.0189. The van der Waals surface area contributed by atoms with Crippen LogP contribution < -0.4 is 10.6 Å². The molecule has 0 saturated heterocycles. The standard InChI is InChI=1S/C20H38N4O8S7/c25-15-36-17-30-19(27)23-3-7-34-6-2-22-14-39(29)12-11-35-9-10-38-20(28)24-4-8-33-5-1-21-13-31-32-18-37-16-26/h13-14,25-26H,1-12,15-18H2,(H,23,27)(H,24,28)/b21-13-,22-14+. The molecular formula is C20H38N4O8S7. The van der Waals surface area contributed by atoms with E-state index in [0.29, 0.717) is 37.7 Å². The highest BCUT2D eigenvalue weighted by Gasteiger charge is 2.05. The van der Waals surface area contributed by atoms with Crippen molar-refractivity contribution in [1.82, 2.24) is 10.6 Å². The first-order chi connectivity index (χ1) is 19.1. The topological polar surface area (TPSA) is 174 Å². The maximum atomic E-state index is 12.0. The molecule has 0 aromatic heterocycles. The van der Waals surface area contributed by atoms with Crippen molar-refractivity contribution in [2.24, 2.45) is 9.98 Å². The van der Waals surface area contributed by atoms with Crippen LogP contribution in [-0.4, -0.2) is 134 Å². The Morgan fingerprint density at radius 2 is 1.49 bits per heavy atom. The lowest BCUT2D eigenvalue weighted by atomic mass is 10.7. The van der Waals surface area contributed by atoms with Gasteiger partial charge in [-0.1, -0.05) is 23.5 Å². The number of ether oxygens (including phenoxy) is 1. The molecule has 0 aliphatic carbocycles. The molecule has 0 spiro atoms. The highest BCUT2D eigenvalue weighted by Crippen LogP contribution is 2.09. The van der Waals surface area contributed by atoms with E-state index in [4.69, 9.17) is 19.8 Å². The first-order valence-corrected chi connectivity index (χ1v) is 19.8. The molecule has 0 aromatic rings.